The molecule has 1 aromatic heterocycles. The topological polar surface area (TPSA) is 29.1 Å². The Kier molecular flexibility index (Phi) is 4.60. The molecule has 94 valence electrons. The monoisotopic (exact) mass is 251 g/mol. The normalized spacial score (nSPS) is 14.4. The molecule has 0 saturated carbocycles. The molecule has 0 saturated heterocycles. The molecule has 2 nitrogen and oxygen atoms in total. The number of rotatable bonds is 5. The largest absolute Gasteiger partial charge is 0.351 e. The van der Waals surface area contributed by atoms with Gasteiger partial charge in [0.1, 0.15) is 0 Å². The van der Waals surface area contributed by atoms with Crippen molar-refractivity contribution >= 4 is 17.2 Å². The predicted octanol–water partition coefficient (Wildman–Crippen LogP) is 3.55. The Balaban J connectivity index is 1.88. The Hall–Kier alpha value is -0.830. The molecule has 1 N–H and O–H groups in total. The van der Waals surface area contributed by atoms with Gasteiger partial charge in [-0.3, -0.25) is 4.79 Å². The summed E-state index contributed by atoms with van der Waals surface area (Å²) in [6.45, 7) is 2.99. The molecule has 0 radical (unpaired) electrons. The van der Waals surface area contributed by atoms with E-state index in [0.29, 0.717) is 0 Å². The van der Waals surface area contributed by atoms with E-state index in [9.17, 15) is 4.79 Å². The Morgan fingerprint density at radius 3 is 2.94 bits per heavy atom. The molecule has 0 unspecified atom stereocenters. The lowest BCUT2D eigenvalue weighted by Gasteiger charge is -2.08. The van der Waals surface area contributed by atoms with Gasteiger partial charge in [0.05, 0.1) is 4.88 Å². The van der Waals surface area contributed by atoms with Gasteiger partial charge in [-0.2, -0.15) is 0 Å². The summed E-state index contributed by atoms with van der Waals surface area (Å²) in [6, 6.07) is 2.11. The zero-order valence-electron chi connectivity index (χ0n) is 10.6. The van der Waals surface area contributed by atoms with Crippen LogP contribution in [0.1, 0.15) is 59.1 Å². The maximum Gasteiger partial charge on any atom is 0.261 e. The molecule has 1 aromatic rings. The van der Waals surface area contributed by atoms with E-state index in [1.165, 1.54) is 42.5 Å². The molecule has 0 atom stereocenters. The lowest BCUT2D eigenvalue weighted by molar-refractivity contribution is 0.0957. The van der Waals surface area contributed by atoms with Crippen LogP contribution in [-0.2, 0) is 12.8 Å². The van der Waals surface area contributed by atoms with E-state index in [2.05, 4.69) is 18.3 Å². The average molecular weight is 251 g/mol. The van der Waals surface area contributed by atoms with Gasteiger partial charge >= 0.3 is 0 Å². The van der Waals surface area contributed by atoms with E-state index in [1.54, 1.807) is 11.3 Å². The van der Waals surface area contributed by atoms with Crippen molar-refractivity contribution in [3.8, 4) is 0 Å². The van der Waals surface area contributed by atoms with Gasteiger partial charge in [0.25, 0.3) is 5.91 Å². The van der Waals surface area contributed by atoms with E-state index >= 15 is 0 Å². The van der Waals surface area contributed by atoms with Gasteiger partial charge in [-0.05, 0) is 43.7 Å². The van der Waals surface area contributed by atoms with E-state index in [4.69, 9.17) is 0 Å². The van der Waals surface area contributed by atoms with Crippen molar-refractivity contribution in [3.63, 3.8) is 0 Å². The molecular formula is C14H21NOS. The Morgan fingerprint density at radius 1 is 1.35 bits per heavy atom. The van der Waals surface area contributed by atoms with Crippen molar-refractivity contribution in [2.24, 2.45) is 0 Å². The van der Waals surface area contributed by atoms with Crippen LogP contribution in [0.5, 0.6) is 0 Å². The van der Waals surface area contributed by atoms with E-state index < -0.39 is 0 Å². The first kappa shape index (κ1) is 12.6. The van der Waals surface area contributed by atoms with Crippen molar-refractivity contribution in [1.82, 2.24) is 5.32 Å². The number of amides is 1. The molecule has 0 spiro atoms. The molecule has 1 heterocycles. The third-order valence-electron chi connectivity index (χ3n) is 3.29. The Labute approximate surface area is 107 Å². The summed E-state index contributed by atoms with van der Waals surface area (Å²) in [4.78, 5) is 14.3. The van der Waals surface area contributed by atoms with Gasteiger partial charge in [0.2, 0.25) is 0 Å². The van der Waals surface area contributed by atoms with Gasteiger partial charge in [-0.15, -0.1) is 11.3 Å². The molecular weight excluding hydrogens is 230 g/mol. The van der Waals surface area contributed by atoms with Crippen LogP contribution in [0.3, 0.4) is 0 Å². The van der Waals surface area contributed by atoms with Crippen LogP contribution in [-0.4, -0.2) is 12.5 Å². The van der Waals surface area contributed by atoms with E-state index in [1.807, 2.05) is 0 Å². The van der Waals surface area contributed by atoms with E-state index in [0.717, 1.165) is 24.3 Å². The molecule has 1 amide bonds. The highest BCUT2D eigenvalue weighted by atomic mass is 32.1. The minimum Gasteiger partial charge on any atom is -0.351 e. The predicted molar refractivity (Wildman–Crippen MR) is 72.8 cm³/mol. The van der Waals surface area contributed by atoms with Crippen LogP contribution in [0, 0.1) is 0 Å². The number of carbonyl (C=O) groups excluding carboxylic acids is 1. The second-order valence-electron chi connectivity index (χ2n) is 4.73. The highest BCUT2D eigenvalue weighted by Gasteiger charge is 2.16. The second-order valence-corrected chi connectivity index (χ2v) is 5.87. The lowest BCUT2D eigenvalue weighted by Crippen LogP contribution is -2.23. The smallest absolute Gasteiger partial charge is 0.261 e. The number of nitrogens with one attached hydrogen (secondary N) is 1. The van der Waals surface area contributed by atoms with Crippen LogP contribution in [0.4, 0.5) is 0 Å². The molecule has 0 fully saturated rings. The molecule has 3 heteroatoms. The number of thiophene rings is 1. The number of aryl methyl sites for hydroxylation is 2. The first-order valence-corrected chi connectivity index (χ1v) is 7.52. The maximum absolute atomic E-state index is 11.9. The van der Waals surface area contributed by atoms with Crippen LogP contribution in [0.25, 0.3) is 0 Å². The summed E-state index contributed by atoms with van der Waals surface area (Å²) in [5.74, 6) is 0.125. The van der Waals surface area contributed by atoms with Gasteiger partial charge in [0.15, 0.2) is 0 Å². The number of carbonyl (C=O) groups is 1. The highest BCUT2D eigenvalue weighted by molar-refractivity contribution is 7.14. The SMILES string of the molecule is CCCCCNC(=O)c1cc2c(s1)CCCC2. The number of hydrogen-bond donors (Lipinski definition) is 1. The van der Waals surface area contributed by atoms with Crippen LogP contribution < -0.4 is 5.32 Å². The third kappa shape index (κ3) is 3.32. The standard InChI is InChI=1S/C14H21NOS/c1-2-3-6-9-15-14(16)13-10-11-7-4-5-8-12(11)17-13/h10H,2-9H2,1H3,(H,15,16). The number of unbranched alkanes of at least 4 members (excludes halogenated alkanes) is 2. The quantitative estimate of drug-likeness (QED) is 0.797. The minimum atomic E-state index is 0.125. The van der Waals surface area contributed by atoms with Gasteiger partial charge in [-0.25, -0.2) is 0 Å². The fourth-order valence-corrected chi connectivity index (χ4v) is 3.44. The Morgan fingerprint density at radius 2 is 2.18 bits per heavy atom. The van der Waals surface area contributed by atoms with Crippen molar-refractivity contribution in [2.75, 3.05) is 6.54 Å². The first-order chi connectivity index (χ1) is 8.31. The minimum absolute atomic E-state index is 0.125. The lowest BCUT2D eigenvalue weighted by atomic mass is 9.99. The summed E-state index contributed by atoms with van der Waals surface area (Å²) < 4.78 is 0. The first-order valence-electron chi connectivity index (χ1n) is 6.71. The Bertz CT molecular complexity index is 360. The number of fused-ring (bicyclic) bond motifs is 1. The zero-order chi connectivity index (χ0) is 12.1. The van der Waals surface area contributed by atoms with Gasteiger partial charge in [-0.1, -0.05) is 19.8 Å². The molecule has 0 aliphatic heterocycles. The average Bonchev–Trinajstić information content (AvgIpc) is 2.78. The summed E-state index contributed by atoms with van der Waals surface area (Å²) >= 11 is 1.70. The third-order valence-corrected chi connectivity index (χ3v) is 4.52. The van der Waals surface area contributed by atoms with Crippen molar-refractivity contribution in [2.45, 2.75) is 51.9 Å². The summed E-state index contributed by atoms with van der Waals surface area (Å²) in [5.41, 5.74) is 1.42. The van der Waals surface area contributed by atoms with Gasteiger partial charge in [0, 0.05) is 11.4 Å². The summed E-state index contributed by atoms with van der Waals surface area (Å²) in [7, 11) is 0. The van der Waals surface area contributed by atoms with Crippen LogP contribution in [0.15, 0.2) is 6.07 Å². The molecule has 1 aliphatic rings. The van der Waals surface area contributed by atoms with Crippen LogP contribution >= 0.6 is 11.3 Å². The molecule has 2 rings (SSSR count). The molecule has 1 aliphatic carbocycles. The highest BCUT2D eigenvalue weighted by Crippen LogP contribution is 2.29. The van der Waals surface area contributed by atoms with Crippen molar-refractivity contribution < 1.29 is 4.79 Å². The fraction of sp³-hybridized carbons (Fsp3) is 0.643. The molecule has 0 bridgehead atoms. The maximum atomic E-state index is 11.9. The molecule has 17 heavy (non-hydrogen) atoms. The van der Waals surface area contributed by atoms with Gasteiger partial charge < -0.3 is 5.32 Å². The van der Waals surface area contributed by atoms with Crippen molar-refractivity contribution in [1.29, 1.82) is 0 Å². The summed E-state index contributed by atoms with van der Waals surface area (Å²) in [6.07, 6.45) is 8.38. The van der Waals surface area contributed by atoms with E-state index in [-0.39, 0.29) is 5.91 Å². The zero-order valence-corrected chi connectivity index (χ0v) is 11.4. The fourth-order valence-electron chi connectivity index (χ4n) is 2.27. The van der Waals surface area contributed by atoms with Crippen molar-refractivity contribution in [3.05, 3.63) is 21.4 Å². The summed E-state index contributed by atoms with van der Waals surface area (Å²) in [5, 5.41) is 3.01. The second kappa shape index (κ2) is 6.20. The van der Waals surface area contributed by atoms with Crippen LogP contribution in [0.2, 0.25) is 0 Å². The molecule has 0 aromatic carbocycles. The number of hydrogen-bond acceptors (Lipinski definition) is 2.